The molecular formula is C19H23ClN2O3. The van der Waals surface area contributed by atoms with Crippen LogP contribution < -0.4 is 20.1 Å². The predicted molar refractivity (Wildman–Crippen MR) is 99.7 cm³/mol. The lowest BCUT2D eigenvalue weighted by atomic mass is 10.1. The number of halogens is 1. The highest BCUT2D eigenvalue weighted by atomic mass is 35.5. The highest BCUT2D eigenvalue weighted by Crippen LogP contribution is 2.29. The molecule has 0 fully saturated rings. The van der Waals surface area contributed by atoms with Crippen molar-refractivity contribution in [1.82, 2.24) is 10.6 Å². The Kier molecular flexibility index (Phi) is 6.95. The van der Waals surface area contributed by atoms with Gasteiger partial charge in [0.25, 0.3) is 0 Å². The van der Waals surface area contributed by atoms with Gasteiger partial charge in [0.1, 0.15) is 11.5 Å². The number of hydrogen-bond acceptors (Lipinski definition) is 3. The van der Waals surface area contributed by atoms with E-state index in [1.54, 1.807) is 14.2 Å². The van der Waals surface area contributed by atoms with Gasteiger partial charge in [0.15, 0.2) is 0 Å². The molecular weight excluding hydrogens is 340 g/mol. The number of nitrogens with one attached hydrogen (secondary N) is 2. The van der Waals surface area contributed by atoms with E-state index in [9.17, 15) is 4.79 Å². The normalized spacial score (nSPS) is 11.5. The first kappa shape index (κ1) is 18.9. The molecule has 2 rings (SSSR count). The number of ether oxygens (including phenoxy) is 2. The number of benzene rings is 2. The molecule has 0 heterocycles. The Balaban J connectivity index is 1.91. The second kappa shape index (κ2) is 9.18. The molecule has 0 aliphatic carbocycles. The monoisotopic (exact) mass is 362 g/mol. The molecule has 2 amide bonds. The summed E-state index contributed by atoms with van der Waals surface area (Å²) in [5.74, 6) is 1.41. The van der Waals surface area contributed by atoms with Crippen LogP contribution in [0.3, 0.4) is 0 Å². The fourth-order valence-corrected chi connectivity index (χ4v) is 2.75. The number of amides is 2. The summed E-state index contributed by atoms with van der Waals surface area (Å²) in [6.45, 7) is 2.39. The number of carbonyl (C=O) groups is 1. The van der Waals surface area contributed by atoms with Gasteiger partial charge in [-0.15, -0.1) is 0 Å². The molecule has 0 radical (unpaired) electrons. The summed E-state index contributed by atoms with van der Waals surface area (Å²) in [6.07, 6.45) is 0.671. The molecule has 1 atom stereocenters. The lowest BCUT2D eigenvalue weighted by Crippen LogP contribution is -2.38. The minimum absolute atomic E-state index is 0.231. The van der Waals surface area contributed by atoms with Crippen molar-refractivity contribution in [2.75, 3.05) is 20.8 Å². The van der Waals surface area contributed by atoms with E-state index in [0.29, 0.717) is 29.5 Å². The van der Waals surface area contributed by atoms with Crippen molar-refractivity contribution in [2.24, 2.45) is 0 Å². The molecule has 2 aromatic carbocycles. The van der Waals surface area contributed by atoms with Gasteiger partial charge in [-0.3, -0.25) is 0 Å². The average Bonchev–Trinajstić information content (AvgIpc) is 2.62. The molecule has 5 nitrogen and oxygen atoms in total. The van der Waals surface area contributed by atoms with Gasteiger partial charge in [0, 0.05) is 17.1 Å². The van der Waals surface area contributed by atoms with Crippen LogP contribution in [0.2, 0.25) is 5.02 Å². The first-order valence-corrected chi connectivity index (χ1v) is 8.42. The van der Waals surface area contributed by atoms with Crippen LogP contribution in [0.5, 0.6) is 11.5 Å². The second-order valence-electron chi connectivity index (χ2n) is 5.57. The summed E-state index contributed by atoms with van der Waals surface area (Å²) in [7, 11) is 3.20. The van der Waals surface area contributed by atoms with Gasteiger partial charge in [-0.1, -0.05) is 29.8 Å². The van der Waals surface area contributed by atoms with Gasteiger partial charge in [-0.05, 0) is 43.2 Å². The van der Waals surface area contributed by atoms with Crippen molar-refractivity contribution in [2.45, 2.75) is 19.4 Å². The number of methoxy groups -OCH3 is 2. The Labute approximate surface area is 153 Å². The van der Waals surface area contributed by atoms with Crippen LogP contribution in [0.25, 0.3) is 0 Å². The third kappa shape index (κ3) is 5.29. The van der Waals surface area contributed by atoms with Gasteiger partial charge in [0.05, 0.1) is 20.3 Å². The van der Waals surface area contributed by atoms with E-state index in [-0.39, 0.29) is 12.1 Å². The van der Waals surface area contributed by atoms with Crippen LogP contribution in [0.4, 0.5) is 4.79 Å². The molecule has 0 unspecified atom stereocenters. The first-order valence-electron chi connectivity index (χ1n) is 8.05. The van der Waals surface area contributed by atoms with Crippen molar-refractivity contribution in [3.8, 4) is 11.5 Å². The Hall–Kier alpha value is -2.40. The molecule has 0 aliphatic rings. The molecule has 134 valence electrons. The highest BCUT2D eigenvalue weighted by molar-refractivity contribution is 6.31. The molecule has 25 heavy (non-hydrogen) atoms. The van der Waals surface area contributed by atoms with E-state index in [1.807, 2.05) is 49.4 Å². The van der Waals surface area contributed by atoms with E-state index in [2.05, 4.69) is 10.6 Å². The molecule has 2 aromatic rings. The molecule has 0 aromatic heterocycles. The van der Waals surface area contributed by atoms with E-state index >= 15 is 0 Å². The van der Waals surface area contributed by atoms with Crippen LogP contribution in [0.1, 0.15) is 24.1 Å². The summed E-state index contributed by atoms with van der Waals surface area (Å²) >= 11 is 6.11. The summed E-state index contributed by atoms with van der Waals surface area (Å²) < 4.78 is 10.6. The Morgan fingerprint density at radius 3 is 2.60 bits per heavy atom. The minimum Gasteiger partial charge on any atom is -0.497 e. The minimum atomic E-state index is -0.246. The zero-order chi connectivity index (χ0) is 18.2. The van der Waals surface area contributed by atoms with Crippen molar-refractivity contribution in [1.29, 1.82) is 0 Å². The molecule has 2 N–H and O–H groups in total. The molecule has 0 bridgehead atoms. The maximum atomic E-state index is 12.1. The summed E-state index contributed by atoms with van der Waals surface area (Å²) in [5, 5.41) is 6.46. The van der Waals surface area contributed by atoms with Gasteiger partial charge in [0.2, 0.25) is 0 Å². The standard InChI is InChI=1S/C19H23ClN2O3/c1-13(16-12-15(24-2)8-9-18(16)25-3)22-19(23)21-11-10-14-6-4-5-7-17(14)20/h4-9,12-13H,10-11H2,1-3H3,(H2,21,22,23)/t13-/m0/s1. The molecule has 0 spiro atoms. The topological polar surface area (TPSA) is 59.6 Å². The van der Waals surface area contributed by atoms with Crippen LogP contribution in [0.15, 0.2) is 42.5 Å². The first-order chi connectivity index (χ1) is 12.0. The third-order valence-electron chi connectivity index (χ3n) is 3.89. The van der Waals surface area contributed by atoms with Gasteiger partial charge in [-0.2, -0.15) is 0 Å². The van der Waals surface area contributed by atoms with E-state index in [1.165, 1.54) is 0 Å². The zero-order valence-corrected chi connectivity index (χ0v) is 15.4. The SMILES string of the molecule is COc1ccc(OC)c([C@H](C)NC(=O)NCCc2ccccc2Cl)c1. The van der Waals surface area contributed by atoms with Crippen molar-refractivity contribution in [3.63, 3.8) is 0 Å². The molecule has 0 saturated carbocycles. The fraction of sp³-hybridized carbons (Fsp3) is 0.316. The van der Waals surface area contributed by atoms with Crippen molar-refractivity contribution >= 4 is 17.6 Å². The number of carbonyl (C=O) groups excluding carboxylic acids is 1. The van der Waals surface area contributed by atoms with E-state index in [0.717, 1.165) is 11.1 Å². The van der Waals surface area contributed by atoms with Crippen molar-refractivity contribution < 1.29 is 14.3 Å². The van der Waals surface area contributed by atoms with E-state index in [4.69, 9.17) is 21.1 Å². The van der Waals surface area contributed by atoms with Gasteiger partial charge < -0.3 is 20.1 Å². The second-order valence-corrected chi connectivity index (χ2v) is 5.98. The Morgan fingerprint density at radius 1 is 1.16 bits per heavy atom. The number of rotatable bonds is 7. The van der Waals surface area contributed by atoms with Crippen LogP contribution in [-0.4, -0.2) is 26.8 Å². The van der Waals surface area contributed by atoms with Crippen LogP contribution >= 0.6 is 11.6 Å². The average molecular weight is 363 g/mol. The molecule has 0 aliphatic heterocycles. The smallest absolute Gasteiger partial charge is 0.315 e. The lowest BCUT2D eigenvalue weighted by Gasteiger charge is -2.18. The highest BCUT2D eigenvalue weighted by Gasteiger charge is 2.15. The number of hydrogen-bond donors (Lipinski definition) is 2. The summed E-state index contributed by atoms with van der Waals surface area (Å²) in [6, 6.07) is 12.6. The lowest BCUT2D eigenvalue weighted by molar-refractivity contribution is 0.238. The van der Waals surface area contributed by atoms with E-state index < -0.39 is 0 Å². The maximum absolute atomic E-state index is 12.1. The summed E-state index contributed by atoms with van der Waals surface area (Å²) in [5.41, 5.74) is 1.86. The van der Waals surface area contributed by atoms with Gasteiger partial charge >= 0.3 is 6.03 Å². The van der Waals surface area contributed by atoms with Crippen LogP contribution in [0, 0.1) is 0 Å². The number of urea groups is 1. The fourth-order valence-electron chi connectivity index (χ4n) is 2.52. The predicted octanol–water partition coefficient (Wildman–Crippen LogP) is 3.96. The van der Waals surface area contributed by atoms with Crippen molar-refractivity contribution in [3.05, 3.63) is 58.6 Å². The van der Waals surface area contributed by atoms with Gasteiger partial charge in [-0.25, -0.2) is 4.79 Å². The molecule has 6 heteroatoms. The maximum Gasteiger partial charge on any atom is 0.315 e. The zero-order valence-electron chi connectivity index (χ0n) is 14.6. The quantitative estimate of drug-likeness (QED) is 0.783. The Bertz CT molecular complexity index is 722. The molecule has 0 saturated heterocycles. The third-order valence-corrected chi connectivity index (χ3v) is 4.26. The van der Waals surface area contributed by atoms with Crippen LogP contribution in [-0.2, 0) is 6.42 Å². The summed E-state index contributed by atoms with van der Waals surface area (Å²) in [4.78, 5) is 12.1. The Morgan fingerprint density at radius 2 is 1.92 bits per heavy atom. The largest absolute Gasteiger partial charge is 0.497 e.